The third-order valence-corrected chi connectivity index (χ3v) is 8.20. The fourth-order valence-electron chi connectivity index (χ4n) is 4.35. The number of anilines is 3. The van der Waals surface area contributed by atoms with Gasteiger partial charge in [-0.05, 0) is 54.1 Å². The van der Waals surface area contributed by atoms with Crippen molar-refractivity contribution in [2.24, 2.45) is 0 Å². The van der Waals surface area contributed by atoms with Crippen LogP contribution >= 0.6 is 0 Å². The van der Waals surface area contributed by atoms with E-state index in [0.717, 1.165) is 0 Å². The van der Waals surface area contributed by atoms with Crippen molar-refractivity contribution >= 4 is 44.6 Å². The van der Waals surface area contributed by atoms with E-state index in [0.29, 0.717) is 28.4 Å². The van der Waals surface area contributed by atoms with Gasteiger partial charge >= 0.3 is 0 Å². The summed E-state index contributed by atoms with van der Waals surface area (Å²) < 4.78 is 38.2. The molecule has 0 saturated carbocycles. The number of hydrogen-bond donors (Lipinski definition) is 2. The molecule has 190 valence electrons. The molecule has 11 heteroatoms. The van der Waals surface area contributed by atoms with Crippen molar-refractivity contribution in [2.45, 2.75) is 23.5 Å². The van der Waals surface area contributed by atoms with Gasteiger partial charge in [-0.15, -0.1) is 0 Å². The Morgan fingerprint density at radius 3 is 2.35 bits per heavy atom. The van der Waals surface area contributed by atoms with Gasteiger partial charge in [0.1, 0.15) is 6.54 Å². The fraction of sp³-hybridized carbons (Fsp3) is 0.192. The second kappa shape index (κ2) is 9.58. The first-order valence-corrected chi connectivity index (χ1v) is 13.0. The summed E-state index contributed by atoms with van der Waals surface area (Å²) in [6.45, 7) is 1.05. The second-order valence-electron chi connectivity index (χ2n) is 8.60. The summed E-state index contributed by atoms with van der Waals surface area (Å²) in [5.74, 6) is -0.311. The molecule has 2 aliphatic heterocycles. The Labute approximate surface area is 213 Å². The first kappa shape index (κ1) is 24.3. The van der Waals surface area contributed by atoms with Gasteiger partial charge in [0.25, 0.3) is 0 Å². The van der Waals surface area contributed by atoms with Gasteiger partial charge in [0, 0.05) is 24.7 Å². The van der Waals surface area contributed by atoms with Gasteiger partial charge in [-0.3, -0.25) is 14.4 Å². The Bertz CT molecular complexity index is 1500. The third-order valence-electron chi connectivity index (χ3n) is 6.06. The second-order valence-corrected chi connectivity index (χ2v) is 10.7. The fourth-order valence-corrected chi connectivity index (χ4v) is 6.27. The van der Waals surface area contributed by atoms with Crippen LogP contribution in [-0.4, -0.2) is 39.5 Å². The third kappa shape index (κ3) is 4.85. The van der Waals surface area contributed by atoms with Crippen LogP contribution in [0.3, 0.4) is 0 Å². The zero-order valence-corrected chi connectivity index (χ0v) is 20.6. The first-order valence-electron chi connectivity index (χ1n) is 11.4. The minimum absolute atomic E-state index is 0.0315. The molecule has 2 aliphatic rings. The summed E-state index contributed by atoms with van der Waals surface area (Å²) in [5, 5.41) is 4.18. The number of amides is 3. The normalized spacial score (nSPS) is 17.5. The van der Waals surface area contributed by atoms with Gasteiger partial charge in [0.15, 0.2) is 21.3 Å². The number of hydrogen-bond acceptors (Lipinski definition) is 7. The quantitative estimate of drug-likeness (QED) is 0.527. The molecule has 0 saturated heterocycles. The Balaban J connectivity index is 1.42. The van der Waals surface area contributed by atoms with Crippen molar-refractivity contribution in [3.63, 3.8) is 0 Å². The van der Waals surface area contributed by atoms with Crippen LogP contribution in [0, 0.1) is 0 Å². The lowest BCUT2D eigenvalue weighted by Gasteiger charge is -2.22. The van der Waals surface area contributed by atoms with E-state index in [-0.39, 0.29) is 36.2 Å². The number of carbonyl (C=O) groups is 3. The number of carbonyl (C=O) groups excluding carboxylic acids is 3. The van der Waals surface area contributed by atoms with Crippen molar-refractivity contribution in [3.05, 3.63) is 72.3 Å². The number of sulfone groups is 1. The Morgan fingerprint density at radius 2 is 1.62 bits per heavy atom. The lowest BCUT2D eigenvalue weighted by molar-refractivity contribution is -0.121. The lowest BCUT2D eigenvalue weighted by Crippen LogP contribution is -2.38. The molecule has 10 nitrogen and oxygen atoms in total. The summed E-state index contributed by atoms with van der Waals surface area (Å²) >= 11 is 0. The van der Waals surface area contributed by atoms with Gasteiger partial charge in [-0.2, -0.15) is 0 Å². The highest BCUT2D eigenvalue weighted by Gasteiger charge is 2.40. The summed E-state index contributed by atoms with van der Waals surface area (Å²) in [5.41, 5.74) is 1.58. The molecule has 1 atom stereocenters. The predicted octanol–water partition coefficient (Wildman–Crippen LogP) is 3.26. The average Bonchev–Trinajstić information content (AvgIpc) is 3.32. The molecule has 2 N–H and O–H groups in total. The molecular weight excluding hydrogens is 498 g/mol. The molecule has 3 aromatic carbocycles. The van der Waals surface area contributed by atoms with E-state index in [4.69, 9.17) is 9.47 Å². The van der Waals surface area contributed by atoms with Crippen LogP contribution in [0.5, 0.6) is 11.5 Å². The molecule has 5 rings (SSSR count). The number of benzene rings is 3. The number of nitrogens with zero attached hydrogens (tertiary/aromatic N) is 1. The molecule has 0 fully saturated rings. The van der Waals surface area contributed by atoms with Crippen LogP contribution in [0.15, 0.2) is 71.6 Å². The smallest absolute Gasteiger partial charge is 0.244 e. The van der Waals surface area contributed by atoms with Crippen LogP contribution in [0.1, 0.15) is 24.2 Å². The number of nitrogens with one attached hydrogen (secondary N) is 2. The summed E-state index contributed by atoms with van der Waals surface area (Å²) in [4.78, 5) is 38.7. The van der Waals surface area contributed by atoms with Crippen LogP contribution < -0.4 is 25.0 Å². The van der Waals surface area contributed by atoms with Crippen LogP contribution in [-0.2, 0) is 24.2 Å². The Morgan fingerprint density at radius 1 is 0.946 bits per heavy atom. The molecule has 0 radical (unpaired) electrons. The van der Waals surface area contributed by atoms with Gasteiger partial charge < -0.3 is 25.0 Å². The predicted molar refractivity (Wildman–Crippen MR) is 135 cm³/mol. The minimum Gasteiger partial charge on any atom is -0.454 e. The first-order chi connectivity index (χ1) is 17.7. The molecule has 1 unspecified atom stereocenters. The van der Waals surface area contributed by atoms with Gasteiger partial charge in [-0.25, -0.2) is 8.42 Å². The maximum Gasteiger partial charge on any atom is 0.244 e. The molecule has 0 spiro atoms. The zero-order chi connectivity index (χ0) is 26.2. The maximum atomic E-state index is 13.7. The summed E-state index contributed by atoms with van der Waals surface area (Å²) in [7, 11) is -3.99. The van der Waals surface area contributed by atoms with E-state index >= 15 is 0 Å². The topological polar surface area (TPSA) is 131 Å². The Hall–Kier alpha value is -4.38. The molecule has 0 aliphatic carbocycles. The highest BCUT2D eigenvalue weighted by Crippen LogP contribution is 2.43. The number of ether oxygens (including phenoxy) is 2. The number of fused-ring (bicyclic) bond motifs is 2. The van der Waals surface area contributed by atoms with Crippen LogP contribution in [0.2, 0.25) is 0 Å². The van der Waals surface area contributed by atoms with Crippen molar-refractivity contribution in [1.82, 2.24) is 0 Å². The minimum atomic E-state index is -3.99. The van der Waals surface area contributed by atoms with Crippen molar-refractivity contribution in [2.75, 3.05) is 28.9 Å². The summed E-state index contributed by atoms with van der Waals surface area (Å²) in [6, 6.07) is 17.5. The number of para-hydroxylation sites is 1. The molecule has 3 amide bonds. The monoisotopic (exact) mass is 521 g/mol. The van der Waals surface area contributed by atoms with Gasteiger partial charge in [-0.1, -0.05) is 18.2 Å². The molecule has 2 heterocycles. The Kier molecular flexibility index (Phi) is 6.30. The van der Waals surface area contributed by atoms with Crippen LogP contribution in [0.4, 0.5) is 17.1 Å². The highest BCUT2D eigenvalue weighted by atomic mass is 32.2. The standard InChI is InChI=1S/C26H23N3O7S/c1-16(30)27-18-7-9-19(10-8-18)28-25(31)14-29-20-4-2-3-5-23(20)37(33,34)24(13-26(29)32)17-6-11-21-22(12-17)36-15-35-21/h2-12,24H,13-15H2,1H3,(H,27,30)(H,28,31). The van der Waals surface area contributed by atoms with E-state index in [1.165, 1.54) is 24.0 Å². The molecular formula is C26H23N3O7S. The van der Waals surface area contributed by atoms with E-state index in [2.05, 4.69) is 10.6 Å². The lowest BCUT2D eigenvalue weighted by atomic mass is 10.1. The maximum absolute atomic E-state index is 13.7. The highest BCUT2D eigenvalue weighted by molar-refractivity contribution is 7.92. The van der Waals surface area contributed by atoms with E-state index in [9.17, 15) is 22.8 Å². The molecule has 37 heavy (non-hydrogen) atoms. The average molecular weight is 522 g/mol. The van der Waals surface area contributed by atoms with Gasteiger partial charge in [0.05, 0.1) is 15.8 Å². The molecule has 3 aromatic rings. The largest absolute Gasteiger partial charge is 0.454 e. The van der Waals surface area contributed by atoms with Crippen molar-refractivity contribution in [1.29, 1.82) is 0 Å². The van der Waals surface area contributed by atoms with E-state index in [1.807, 2.05) is 0 Å². The van der Waals surface area contributed by atoms with E-state index in [1.54, 1.807) is 54.6 Å². The van der Waals surface area contributed by atoms with E-state index < -0.39 is 26.9 Å². The van der Waals surface area contributed by atoms with Crippen molar-refractivity contribution < 1.29 is 32.3 Å². The van der Waals surface area contributed by atoms with Crippen LogP contribution in [0.25, 0.3) is 0 Å². The number of rotatable bonds is 5. The molecule has 0 aromatic heterocycles. The van der Waals surface area contributed by atoms with Crippen molar-refractivity contribution in [3.8, 4) is 11.5 Å². The SMILES string of the molecule is CC(=O)Nc1ccc(NC(=O)CN2C(=O)CC(c3ccc4c(c3)OCO4)S(=O)(=O)c3ccccc32)cc1. The molecule has 0 bridgehead atoms. The summed E-state index contributed by atoms with van der Waals surface area (Å²) in [6.07, 6.45) is -0.352. The van der Waals surface area contributed by atoms with Gasteiger partial charge in [0.2, 0.25) is 24.5 Å². The zero-order valence-electron chi connectivity index (χ0n) is 19.8.